The highest BCUT2D eigenvalue weighted by atomic mass is 79.9. The van der Waals surface area contributed by atoms with E-state index in [2.05, 4.69) is 31.2 Å². The van der Waals surface area contributed by atoms with Crippen LogP contribution >= 0.6 is 15.9 Å². The van der Waals surface area contributed by atoms with Crippen molar-refractivity contribution in [3.8, 4) is 0 Å². The zero-order valence-electron chi connectivity index (χ0n) is 8.22. The van der Waals surface area contributed by atoms with Gasteiger partial charge in [-0.15, -0.1) is 0 Å². The Morgan fingerprint density at radius 1 is 1.31 bits per heavy atom. The van der Waals surface area contributed by atoms with Crippen LogP contribution in [0.3, 0.4) is 0 Å². The Labute approximate surface area is 101 Å². The zero-order valence-corrected chi connectivity index (χ0v) is 9.81. The molecule has 0 unspecified atom stereocenters. The second-order valence-corrected chi connectivity index (χ2v) is 3.97. The van der Waals surface area contributed by atoms with Gasteiger partial charge in [0.1, 0.15) is 0 Å². The van der Waals surface area contributed by atoms with Crippen molar-refractivity contribution in [1.29, 1.82) is 0 Å². The third-order valence-corrected chi connectivity index (χ3v) is 2.38. The first-order chi connectivity index (χ1) is 7.75. The largest absolute Gasteiger partial charge is 0.305 e. The molecule has 1 amide bonds. The van der Waals surface area contributed by atoms with Crippen molar-refractivity contribution in [1.82, 2.24) is 9.97 Å². The number of carbonyl (C=O) groups is 1. The van der Waals surface area contributed by atoms with Crippen molar-refractivity contribution < 1.29 is 4.79 Å². The molecule has 0 aliphatic heterocycles. The van der Waals surface area contributed by atoms with E-state index in [0.29, 0.717) is 11.4 Å². The number of nitrogens with one attached hydrogen (secondary N) is 1. The lowest BCUT2D eigenvalue weighted by Gasteiger charge is -2.03. The minimum Gasteiger partial charge on any atom is -0.305 e. The zero-order chi connectivity index (χ0) is 11.4. The molecule has 0 aliphatic carbocycles. The Kier molecular flexibility index (Phi) is 3.26. The minimum absolute atomic E-state index is 0.207. The van der Waals surface area contributed by atoms with Crippen LogP contribution in [0.2, 0.25) is 0 Å². The van der Waals surface area contributed by atoms with Crippen molar-refractivity contribution >= 4 is 27.7 Å². The molecule has 1 aromatic carbocycles. The van der Waals surface area contributed by atoms with Crippen LogP contribution in [0.5, 0.6) is 0 Å². The SMILES string of the molecule is O=C(Nc1cnccn1)c1cccc(Br)c1. The maximum atomic E-state index is 11.8. The molecule has 0 atom stereocenters. The second kappa shape index (κ2) is 4.85. The summed E-state index contributed by atoms with van der Waals surface area (Å²) in [4.78, 5) is 19.6. The van der Waals surface area contributed by atoms with Crippen LogP contribution in [0.4, 0.5) is 5.82 Å². The van der Waals surface area contributed by atoms with Gasteiger partial charge in [0.05, 0.1) is 6.20 Å². The molecule has 0 aliphatic rings. The van der Waals surface area contributed by atoms with E-state index in [4.69, 9.17) is 0 Å². The van der Waals surface area contributed by atoms with Gasteiger partial charge in [-0.1, -0.05) is 22.0 Å². The molecule has 0 fully saturated rings. The van der Waals surface area contributed by atoms with E-state index in [1.807, 2.05) is 6.07 Å². The molecule has 80 valence electrons. The fourth-order valence-corrected chi connectivity index (χ4v) is 1.58. The van der Waals surface area contributed by atoms with Crippen LogP contribution in [0.25, 0.3) is 0 Å². The Balaban J connectivity index is 2.15. The summed E-state index contributed by atoms with van der Waals surface area (Å²) in [6.07, 6.45) is 4.57. The third kappa shape index (κ3) is 2.64. The van der Waals surface area contributed by atoms with E-state index in [0.717, 1.165) is 4.47 Å². The smallest absolute Gasteiger partial charge is 0.256 e. The van der Waals surface area contributed by atoms with Gasteiger partial charge in [-0.2, -0.15) is 0 Å². The van der Waals surface area contributed by atoms with Crippen LogP contribution in [0, 0.1) is 0 Å². The molecular weight excluding hydrogens is 270 g/mol. The van der Waals surface area contributed by atoms with E-state index in [9.17, 15) is 4.79 Å². The van der Waals surface area contributed by atoms with E-state index < -0.39 is 0 Å². The summed E-state index contributed by atoms with van der Waals surface area (Å²) < 4.78 is 0.860. The van der Waals surface area contributed by atoms with E-state index >= 15 is 0 Å². The number of nitrogens with zero attached hydrogens (tertiary/aromatic N) is 2. The van der Waals surface area contributed by atoms with Gasteiger partial charge in [0.15, 0.2) is 5.82 Å². The molecule has 2 rings (SSSR count). The molecule has 1 N–H and O–H groups in total. The molecule has 0 bridgehead atoms. The number of hydrogen-bond acceptors (Lipinski definition) is 3. The fourth-order valence-electron chi connectivity index (χ4n) is 1.18. The van der Waals surface area contributed by atoms with Gasteiger partial charge in [-0.25, -0.2) is 4.98 Å². The lowest BCUT2D eigenvalue weighted by atomic mass is 10.2. The molecule has 0 saturated heterocycles. The molecule has 0 spiro atoms. The number of rotatable bonds is 2. The van der Waals surface area contributed by atoms with Crippen LogP contribution in [-0.2, 0) is 0 Å². The Morgan fingerprint density at radius 2 is 2.19 bits per heavy atom. The quantitative estimate of drug-likeness (QED) is 0.918. The molecule has 5 heteroatoms. The van der Waals surface area contributed by atoms with Crippen molar-refractivity contribution in [2.75, 3.05) is 5.32 Å². The first-order valence-corrected chi connectivity index (χ1v) is 5.38. The predicted octanol–water partition coefficient (Wildman–Crippen LogP) is 2.49. The lowest BCUT2D eigenvalue weighted by molar-refractivity contribution is 0.102. The van der Waals surface area contributed by atoms with E-state index in [1.54, 1.807) is 24.4 Å². The van der Waals surface area contributed by atoms with Gasteiger partial charge in [0.25, 0.3) is 5.91 Å². The van der Waals surface area contributed by atoms with Crippen molar-refractivity contribution in [2.45, 2.75) is 0 Å². The molecule has 0 radical (unpaired) electrons. The van der Waals surface area contributed by atoms with Crippen molar-refractivity contribution in [3.05, 3.63) is 52.9 Å². The standard InChI is InChI=1S/C11H8BrN3O/c12-9-3-1-2-8(6-9)11(16)15-10-7-13-4-5-14-10/h1-7H,(H,14,15,16). The van der Waals surface area contributed by atoms with Gasteiger partial charge in [-0.3, -0.25) is 9.78 Å². The van der Waals surface area contributed by atoms with Crippen LogP contribution in [-0.4, -0.2) is 15.9 Å². The topological polar surface area (TPSA) is 54.9 Å². The number of halogens is 1. The molecule has 2 aromatic rings. The number of aromatic nitrogens is 2. The summed E-state index contributed by atoms with van der Waals surface area (Å²) in [5.41, 5.74) is 0.569. The number of amides is 1. The fraction of sp³-hybridized carbons (Fsp3) is 0. The number of anilines is 1. The Morgan fingerprint density at radius 3 is 2.88 bits per heavy atom. The van der Waals surface area contributed by atoms with Crippen molar-refractivity contribution in [2.24, 2.45) is 0 Å². The molecular formula is C11H8BrN3O. The number of hydrogen-bond donors (Lipinski definition) is 1. The molecule has 16 heavy (non-hydrogen) atoms. The molecule has 0 saturated carbocycles. The number of carbonyl (C=O) groups excluding carboxylic acids is 1. The maximum Gasteiger partial charge on any atom is 0.256 e. The molecule has 1 heterocycles. The lowest BCUT2D eigenvalue weighted by Crippen LogP contribution is -2.12. The van der Waals surface area contributed by atoms with Gasteiger partial charge < -0.3 is 5.32 Å². The van der Waals surface area contributed by atoms with Gasteiger partial charge >= 0.3 is 0 Å². The average molecular weight is 278 g/mol. The number of benzene rings is 1. The Bertz CT molecular complexity index is 502. The predicted molar refractivity (Wildman–Crippen MR) is 64.1 cm³/mol. The van der Waals surface area contributed by atoms with Gasteiger partial charge in [-0.05, 0) is 18.2 Å². The maximum absolute atomic E-state index is 11.8. The molecule has 1 aromatic heterocycles. The summed E-state index contributed by atoms with van der Waals surface area (Å²) in [5, 5.41) is 2.65. The average Bonchev–Trinajstić information content (AvgIpc) is 2.30. The first-order valence-electron chi connectivity index (χ1n) is 4.58. The highest BCUT2D eigenvalue weighted by molar-refractivity contribution is 9.10. The first kappa shape index (κ1) is 10.8. The summed E-state index contributed by atoms with van der Waals surface area (Å²) in [6.45, 7) is 0. The van der Waals surface area contributed by atoms with E-state index in [1.165, 1.54) is 12.4 Å². The van der Waals surface area contributed by atoms with Crippen LogP contribution < -0.4 is 5.32 Å². The highest BCUT2D eigenvalue weighted by Crippen LogP contribution is 2.12. The third-order valence-electron chi connectivity index (χ3n) is 1.89. The second-order valence-electron chi connectivity index (χ2n) is 3.06. The van der Waals surface area contributed by atoms with Crippen LogP contribution in [0.1, 0.15) is 10.4 Å². The van der Waals surface area contributed by atoms with Gasteiger partial charge in [0, 0.05) is 22.4 Å². The summed E-state index contributed by atoms with van der Waals surface area (Å²) >= 11 is 3.31. The van der Waals surface area contributed by atoms with Crippen LogP contribution in [0.15, 0.2) is 47.3 Å². The summed E-state index contributed by atoms with van der Waals surface area (Å²) in [6, 6.07) is 7.14. The Hall–Kier alpha value is -1.75. The van der Waals surface area contributed by atoms with Crippen molar-refractivity contribution in [3.63, 3.8) is 0 Å². The minimum atomic E-state index is -0.207. The van der Waals surface area contributed by atoms with Gasteiger partial charge in [0.2, 0.25) is 0 Å². The molecule has 4 nitrogen and oxygen atoms in total. The summed E-state index contributed by atoms with van der Waals surface area (Å²) in [5.74, 6) is 0.231. The normalized spacial score (nSPS) is 9.81. The summed E-state index contributed by atoms with van der Waals surface area (Å²) in [7, 11) is 0. The monoisotopic (exact) mass is 277 g/mol. The highest BCUT2D eigenvalue weighted by Gasteiger charge is 2.06. The van der Waals surface area contributed by atoms with E-state index in [-0.39, 0.29) is 5.91 Å².